The summed E-state index contributed by atoms with van der Waals surface area (Å²) in [5, 5.41) is 13.5. The first-order valence-corrected chi connectivity index (χ1v) is 9.10. The van der Waals surface area contributed by atoms with Crippen LogP contribution in [0.5, 0.6) is 11.5 Å². The number of nitrogens with zero attached hydrogens (tertiary/aromatic N) is 4. The lowest BCUT2D eigenvalue weighted by Crippen LogP contribution is -2.24. The minimum atomic E-state index is -0.361. The molecule has 136 valence electrons. The molecule has 26 heavy (non-hydrogen) atoms. The summed E-state index contributed by atoms with van der Waals surface area (Å²) in [5.41, 5.74) is 0.954. The van der Waals surface area contributed by atoms with E-state index in [1.807, 2.05) is 23.1 Å². The van der Waals surface area contributed by atoms with Crippen molar-refractivity contribution in [3.8, 4) is 11.5 Å². The number of nitro groups is 1. The summed E-state index contributed by atoms with van der Waals surface area (Å²) < 4.78 is 12.4. The normalized spacial score (nSPS) is 17.0. The van der Waals surface area contributed by atoms with Gasteiger partial charge in [-0.3, -0.25) is 0 Å². The van der Waals surface area contributed by atoms with Crippen LogP contribution in [0.25, 0.3) is 4.96 Å². The van der Waals surface area contributed by atoms with E-state index in [9.17, 15) is 10.1 Å². The molecule has 1 aromatic carbocycles. The van der Waals surface area contributed by atoms with E-state index in [-0.39, 0.29) is 16.8 Å². The van der Waals surface area contributed by atoms with Crippen molar-refractivity contribution in [2.24, 2.45) is 0 Å². The summed E-state index contributed by atoms with van der Waals surface area (Å²) in [4.78, 5) is 18.5. The van der Waals surface area contributed by atoms with Crippen LogP contribution in [0.4, 0.5) is 11.6 Å². The monoisotopic (exact) mass is 374 g/mol. The standard InChI is InChI=1S/C17H18N4O4S/c1-24-11-5-6-14(25-2)12(10-11)13-4-3-7-19(13)15-16(21(22)23)20-8-9-26-17(20)18-15/h5-6,8-10,13H,3-4,7H2,1-2H3. The van der Waals surface area contributed by atoms with Gasteiger partial charge in [-0.15, -0.1) is 0 Å². The average molecular weight is 374 g/mol. The summed E-state index contributed by atoms with van der Waals surface area (Å²) in [5.74, 6) is 1.89. The molecule has 2 aromatic heterocycles. The minimum Gasteiger partial charge on any atom is -0.497 e. The van der Waals surface area contributed by atoms with Crippen LogP contribution in [0.2, 0.25) is 0 Å². The predicted octanol–water partition coefficient (Wildman–Crippen LogP) is 3.66. The molecule has 1 fully saturated rings. The second-order valence-electron chi connectivity index (χ2n) is 6.03. The van der Waals surface area contributed by atoms with E-state index < -0.39 is 0 Å². The largest absolute Gasteiger partial charge is 0.497 e. The molecule has 0 saturated carbocycles. The summed E-state index contributed by atoms with van der Waals surface area (Å²) in [6, 6.07) is 5.59. The second-order valence-corrected chi connectivity index (χ2v) is 6.90. The number of rotatable bonds is 5. The highest BCUT2D eigenvalue weighted by Crippen LogP contribution is 2.44. The third-order valence-corrected chi connectivity index (χ3v) is 5.47. The van der Waals surface area contributed by atoms with Crippen LogP contribution in [0.3, 0.4) is 0 Å². The maximum absolute atomic E-state index is 11.7. The number of hydrogen-bond donors (Lipinski definition) is 0. The first-order valence-electron chi connectivity index (χ1n) is 8.22. The van der Waals surface area contributed by atoms with Crippen molar-refractivity contribution >= 4 is 27.9 Å². The number of hydrogen-bond acceptors (Lipinski definition) is 7. The van der Waals surface area contributed by atoms with Crippen molar-refractivity contribution in [3.05, 3.63) is 45.5 Å². The average Bonchev–Trinajstić information content (AvgIpc) is 3.35. The van der Waals surface area contributed by atoms with Crippen molar-refractivity contribution in [2.75, 3.05) is 25.7 Å². The van der Waals surface area contributed by atoms with Gasteiger partial charge in [-0.05, 0) is 36.0 Å². The Bertz CT molecular complexity index is 967. The van der Waals surface area contributed by atoms with E-state index in [1.165, 1.54) is 15.7 Å². The molecule has 8 nitrogen and oxygen atoms in total. The fraction of sp³-hybridized carbons (Fsp3) is 0.353. The van der Waals surface area contributed by atoms with Gasteiger partial charge in [0.05, 0.1) is 20.3 Å². The quantitative estimate of drug-likeness (QED) is 0.501. The first kappa shape index (κ1) is 16.6. The maximum atomic E-state index is 11.7. The van der Waals surface area contributed by atoms with Crippen molar-refractivity contribution in [3.63, 3.8) is 0 Å². The molecule has 1 aliphatic rings. The van der Waals surface area contributed by atoms with Gasteiger partial charge in [-0.25, -0.2) is 0 Å². The molecule has 0 aliphatic carbocycles. The number of aromatic nitrogens is 2. The maximum Gasteiger partial charge on any atom is 0.373 e. The molecule has 0 radical (unpaired) electrons. The topological polar surface area (TPSA) is 82.1 Å². The molecular formula is C17H18N4O4S. The van der Waals surface area contributed by atoms with Gasteiger partial charge in [0.25, 0.3) is 4.96 Å². The number of imidazole rings is 1. The molecule has 0 amide bonds. The fourth-order valence-corrected chi connectivity index (χ4v) is 4.27. The Kier molecular flexibility index (Phi) is 4.15. The summed E-state index contributed by atoms with van der Waals surface area (Å²) in [7, 11) is 3.24. The lowest BCUT2D eigenvalue weighted by Gasteiger charge is -2.26. The molecular weight excluding hydrogens is 356 g/mol. The van der Waals surface area contributed by atoms with Crippen molar-refractivity contribution in [2.45, 2.75) is 18.9 Å². The Morgan fingerprint density at radius 3 is 2.92 bits per heavy atom. The molecule has 1 unspecified atom stereocenters. The van der Waals surface area contributed by atoms with E-state index in [0.717, 1.165) is 29.9 Å². The highest BCUT2D eigenvalue weighted by Gasteiger charge is 2.36. The molecule has 1 saturated heterocycles. The Morgan fingerprint density at radius 2 is 2.19 bits per heavy atom. The summed E-state index contributed by atoms with van der Waals surface area (Å²) >= 11 is 1.39. The third-order valence-electron chi connectivity index (χ3n) is 4.71. The van der Waals surface area contributed by atoms with Gasteiger partial charge in [0, 0.05) is 17.5 Å². The predicted molar refractivity (Wildman–Crippen MR) is 98.6 cm³/mol. The van der Waals surface area contributed by atoms with Gasteiger partial charge in [0.1, 0.15) is 17.7 Å². The Balaban J connectivity index is 1.82. The summed E-state index contributed by atoms with van der Waals surface area (Å²) in [6.07, 6.45) is 3.48. The highest BCUT2D eigenvalue weighted by atomic mass is 32.1. The molecule has 0 bridgehead atoms. The molecule has 0 spiro atoms. The van der Waals surface area contributed by atoms with Gasteiger partial charge in [0.15, 0.2) is 0 Å². The van der Waals surface area contributed by atoms with Crippen molar-refractivity contribution in [1.82, 2.24) is 9.38 Å². The van der Waals surface area contributed by atoms with Crippen LogP contribution in [0.1, 0.15) is 24.4 Å². The number of benzene rings is 1. The highest BCUT2D eigenvalue weighted by molar-refractivity contribution is 7.15. The van der Waals surface area contributed by atoms with Crippen LogP contribution in [0.15, 0.2) is 29.8 Å². The smallest absolute Gasteiger partial charge is 0.373 e. The lowest BCUT2D eigenvalue weighted by molar-refractivity contribution is -0.389. The Hall–Kier alpha value is -2.81. The molecule has 1 aliphatic heterocycles. The number of ether oxygens (including phenoxy) is 2. The molecule has 1 atom stereocenters. The van der Waals surface area contributed by atoms with Crippen LogP contribution in [0, 0.1) is 10.1 Å². The van der Waals surface area contributed by atoms with Crippen LogP contribution < -0.4 is 14.4 Å². The zero-order chi connectivity index (χ0) is 18.3. The molecule has 3 heterocycles. The molecule has 3 aromatic rings. The minimum absolute atomic E-state index is 0.00927. The van der Waals surface area contributed by atoms with E-state index >= 15 is 0 Å². The van der Waals surface area contributed by atoms with Gasteiger partial charge < -0.3 is 24.5 Å². The van der Waals surface area contributed by atoms with Crippen LogP contribution >= 0.6 is 11.3 Å². The third kappa shape index (κ3) is 2.55. The fourth-order valence-electron chi connectivity index (χ4n) is 3.57. The van der Waals surface area contributed by atoms with Gasteiger partial charge >= 0.3 is 5.82 Å². The van der Waals surface area contributed by atoms with Crippen molar-refractivity contribution < 1.29 is 14.4 Å². The SMILES string of the molecule is COc1ccc(OC)c(C2CCCN2c2nc3sccn3c2[N+](=O)[O-])c1. The molecule has 9 heteroatoms. The van der Waals surface area contributed by atoms with Gasteiger partial charge in [0.2, 0.25) is 5.82 Å². The van der Waals surface area contributed by atoms with E-state index in [0.29, 0.717) is 17.3 Å². The van der Waals surface area contributed by atoms with Gasteiger partial charge in [-0.2, -0.15) is 9.38 Å². The van der Waals surface area contributed by atoms with E-state index in [4.69, 9.17) is 9.47 Å². The lowest BCUT2D eigenvalue weighted by atomic mass is 10.0. The Morgan fingerprint density at radius 1 is 1.35 bits per heavy atom. The van der Waals surface area contributed by atoms with E-state index in [2.05, 4.69) is 4.98 Å². The van der Waals surface area contributed by atoms with E-state index in [1.54, 1.807) is 25.8 Å². The molecule has 4 rings (SSSR count). The number of fused-ring (bicyclic) bond motifs is 1. The Labute approximate surface area is 153 Å². The number of thiazole rings is 1. The number of anilines is 1. The summed E-state index contributed by atoms with van der Waals surface area (Å²) in [6.45, 7) is 0.705. The zero-order valence-corrected chi connectivity index (χ0v) is 15.2. The van der Waals surface area contributed by atoms with Crippen molar-refractivity contribution in [1.29, 1.82) is 0 Å². The number of methoxy groups -OCH3 is 2. The van der Waals surface area contributed by atoms with Crippen LogP contribution in [-0.4, -0.2) is 35.1 Å². The zero-order valence-electron chi connectivity index (χ0n) is 14.4. The second kappa shape index (κ2) is 6.49. The molecule has 0 N–H and O–H groups in total. The first-order chi connectivity index (χ1) is 12.6. The van der Waals surface area contributed by atoms with Gasteiger partial charge in [-0.1, -0.05) is 11.3 Å². The van der Waals surface area contributed by atoms with Crippen LogP contribution in [-0.2, 0) is 0 Å².